The minimum atomic E-state index is -0.219. The number of hydrogen-bond acceptors (Lipinski definition) is 5. The molecule has 0 bridgehead atoms. The summed E-state index contributed by atoms with van der Waals surface area (Å²) in [5, 5.41) is 11.5. The summed E-state index contributed by atoms with van der Waals surface area (Å²) >= 11 is 1.31. The summed E-state index contributed by atoms with van der Waals surface area (Å²) in [6.07, 6.45) is 0.330. The van der Waals surface area contributed by atoms with Crippen LogP contribution in [0, 0.1) is 20.8 Å². The van der Waals surface area contributed by atoms with E-state index >= 15 is 0 Å². The van der Waals surface area contributed by atoms with Crippen molar-refractivity contribution in [3.8, 4) is 0 Å². The highest BCUT2D eigenvalue weighted by atomic mass is 32.1. The number of rotatable bonds is 5. The number of hydrogen-bond donors (Lipinski definition) is 1. The standard InChI is InChI=1S/C15H17N3O2S/c1-9-4-5-12(8-10(9)2)13(19)6-7-14(20)16-15-18-17-11(3)21-15/h4-5,8H,6-7H2,1-3H3,(H,16,18,20). The van der Waals surface area contributed by atoms with Gasteiger partial charge in [-0.15, -0.1) is 10.2 Å². The van der Waals surface area contributed by atoms with Crippen LogP contribution in [0.25, 0.3) is 0 Å². The number of carbonyl (C=O) groups is 2. The number of ketones is 1. The van der Waals surface area contributed by atoms with Crippen molar-refractivity contribution in [3.63, 3.8) is 0 Å². The average molecular weight is 303 g/mol. The highest BCUT2D eigenvalue weighted by Gasteiger charge is 2.11. The molecule has 110 valence electrons. The van der Waals surface area contributed by atoms with Gasteiger partial charge in [-0.25, -0.2) is 0 Å². The number of carbonyl (C=O) groups excluding carboxylic acids is 2. The Bertz CT molecular complexity index is 679. The van der Waals surface area contributed by atoms with Gasteiger partial charge in [-0.3, -0.25) is 9.59 Å². The normalized spacial score (nSPS) is 10.4. The molecule has 0 aliphatic carbocycles. The summed E-state index contributed by atoms with van der Waals surface area (Å²) in [5.74, 6) is -0.245. The Hall–Kier alpha value is -2.08. The summed E-state index contributed by atoms with van der Waals surface area (Å²) in [4.78, 5) is 23.8. The molecule has 1 amide bonds. The van der Waals surface area contributed by atoms with Gasteiger partial charge in [-0.2, -0.15) is 0 Å². The fraction of sp³-hybridized carbons (Fsp3) is 0.333. The number of aryl methyl sites for hydroxylation is 3. The quantitative estimate of drug-likeness (QED) is 0.862. The molecular weight excluding hydrogens is 286 g/mol. The highest BCUT2D eigenvalue weighted by Crippen LogP contribution is 2.15. The van der Waals surface area contributed by atoms with Crippen molar-refractivity contribution in [1.29, 1.82) is 0 Å². The van der Waals surface area contributed by atoms with Crippen LogP contribution in [0.3, 0.4) is 0 Å². The molecule has 1 N–H and O–H groups in total. The molecule has 0 unspecified atom stereocenters. The van der Waals surface area contributed by atoms with E-state index in [2.05, 4.69) is 15.5 Å². The predicted molar refractivity (Wildman–Crippen MR) is 82.8 cm³/mol. The summed E-state index contributed by atoms with van der Waals surface area (Å²) in [6.45, 7) is 5.79. The highest BCUT2D eigenvalue weighted by molar-refractivity contribution is 7.15. The number of Topliss-reactive ketones (excluding diaryl/α,β-unsaturated/α-hetero) is 1. The Kier molecular flexibility index (Phi) is 4.80. The zero-order chi connectivity index (χ0) is 15.4. The Balaban J connectivity index is 1.88. The van der Waals surface area contributed by atoms with Gasteiger partial charge >= 0.3 is 0 Å². The summed E-state index contributed by atoms with van der Waals surface area (Å²) < 4.78 is 0. The molecule has 1 aromatic carbocycles. The molecule has 21 heavy (non-hydrogen) atoms. The molecular formula is C15H17N3O2S. The van der Waals surface area contributed by atoms with Crippen LogP contribution >= 0.6 is 11.3 Å². The minimum absolute atomic E-state index is 0.0262. The van der Waals surface area contributed by atoms with Gasteiger partial charge in [0.1, 0.15) is 5.01 Å². The van der Waals surface area contributed by atoms with Gasteiger partial charge in [0.2, 0.25) is 11.0 Å². The largest absolute Gasteiger partial charge is 0.301 e. The van der Waals surface area contributed by atoms with E-state index in [1.54, 1.807) is 6.07 Å². The van der Waals surface area contributed by atoms with E-state index in [4.69, 9.17) is 0 Å². The third-order valence-corrected chi connectivity index (χ3v) is 3.93. The number of nitrogens with one attached hydrogen (secondary N) is 1. The molecule has 2 rings (SSSR count). The first-order valence-electron chi connectivity index (χ1n) is 6.66. The van der Waals surface area contributed by atoms with Crippen LogP contribution < -0.4 is 5.32 Å². The van der Waals surface area contributed by atoms with Gasteiger partial charge in [-0.05, 0) is 38.0 Å². The lowest BCUT2D eigenvalue weighted by atomic mass is 10.0. The van der Waals surface area contributed by atoms with Crippen LogP contribution in [0.15, 0.2) is 18.2 Å². The fourth-order valence-electron chi connectivity index (χ4n) is 1.82. The van der Waals surface area contributed by atoms with Crippen molar-refractivity contribution >= 4 is 28.2 Å². The lowest BCUT2D eigenvalue weighted by Crippen LogP contribution is -2.13. The first-order chi connectivity index (χ1) is 9.95. The zero-order valence-corrected chi connectivity index (χ0v) is 13.1. The molecule has 1 heterocycles. The molecule has 6 heteroatoms. The van der Waals surface area contributed by atoms with Crippen molar-refractivity contribution in [3.05, 3.63) is 39.9 Å². The third kappa shape index (κ3) is 4.19. The van der Waals surface area contributed by atoms with E-state index in [1.807, 2.05) is 32.9 Å². The molecule has 0 aliphatic rings. The molecule has 0 radical (unpaired) electrons. The van der Waals surface area contributed by atoms with Crippen molar-refractivity contribution in [2.45, 2.75) is 33.6 Å². The lowest BCUT2D eigenvalue weighted by Gasteiger charge is -2.04. The second-order valence-corrected chi connectivity index (χ2v) is 6.08. The van der Waals surface area contributed by atoms with Crippen LogP contribution in [0.5, 0.6) is 0 Å². The fourth-order valence-corrected chi connectivity index (χ4v) is 2.42. The third-order valence-electron chi connectivity index (χ3n) is 3.18. The number of amides is 1. The summed E-state index contributed by atoms with van der Waals surface area (Å²) in [6, 6.07) is 5.59. The second-order valence-electron chi connectivity index (χ2n) is 4.90. The zero-order valence-electron chi connectivity index (χ0n) is 12.3. The topological polar surface area (TPSA) is 72.0 Å². The SMILES string of the molecule is Cc1nnc(NC(=O)CCC(=O)c2ccc(C)c(C)c2)s1. The van der Waals surface area contributed by atoms with Gasteiger partial charge in [0.05, 0.1) is 0 Å². The smallest absolute Gasteiger partial charge is 0.226 e. The van der Waals surface area contributed by atoms with Crippen molar-refractivity contribution in [2.75, 3.05) is 5.32 Å². The van der Waals surface area contributed by atoms with E-state index in [0.29, 0.717) is 10.7 Å². The maximum Gasteiger partial charge on any atom is 0.226 e. The maximum atomic E-state index is 12.1. The predicted octanol–water partition coefficient (Wildman–Crippen LogP) is 3.06. The molecule has 0 atom stereocenters. The maximum absolute atomic E-state index is 12.1. The molecule has 0 saturated carbocycles. The van der Waals surface area contributed by atoms with Crippen LogP contribution in [0.1, 0.15) is 39.3 Å². The van der Waals surface area contributed by atoms with E-state index < -0.39 is 0 Å². The number of anilines is 1. The number of benzene rings is 1. The van der Waals surface area contributed by atoms with E-state index in [9.17, 15) is 9.59 Å². The Morgan fingerprint density at radius 1 is 1.10 bits per heavy atom. The Morgan fingerprint density at radius 2 is 1.86 bits per heavy atom. The van der Waals surface area contributed by atoms with Crippen LogP contribution in [0.4, 0.5) is 5.13 Å². The second kappa shape index (κ2) is 6.58. The first kappa shape index (κ1) is 15.3. The van der Waals surface area contributed by atoms with E-state index in [0.717, 1.165) is 16.1 Å². The molecule has 5 nitrogen and oxygen atoms in total. The lowest BCUT2D eigenvalue weighted by molar-refractivity contribution is -0.116. The minimum Gasteiger partial charge on any atom is -0.301 e. The van der Waals surface area contributed by atoms with Gasteiger partial charge < -0.3 is 5.32 Å². The molecule has 1 aromatic heterocycles. The average Bonchev–Trinajstić information content (AvgIpc) is 2.84. The van der Waals surface area contributed by atoms with Gasteiger partial charge in [-0.1, -0.05) is 23.5 Å². The van der Waals surface area contributed by atoms with Crippen LogP contribution in [-0.4, -0.2) is 21.9 Å². The molecule has 0 fully saturated rings. The van der Waals surface area contributed by atoms with E-state index in [-0.39, 0.29) is 24.5 Å². The molecule has 0 aliphatic heterocycles. The van der Waals surface area contributed by atoms with E-state index in [1.165, 1.54) is 11.3 Å². The summed E-state index contributed by atoms with van der Waals surface area (Å²) in [5.41, 5.74) is 2.88. The number of aromatic nitrogens is 2. The first-order valence-corrected chi connectivity index (χ1v) is 7.48. The number of nitrogens with zero attached hydrogens (tertiary/aromatic N) is 2. The Labute approximate surface area is 127 Å². The molecule has 0 saturated heterocycles. The summed E-state index contributed by atoms with van der Waals surface area (Å²) in [7, 11) is 0. The monoisotopic (exact) mass is 303 g/mol. The van der Waals surface area contributed by atoms with Crippen molar-refractivity contribution in [2.24, 2.45) is 0 Å². The van der Waals surface area contributed by atoms with Crippen LogP contribution in [-0.2, 0) is 4.79 Å². The molecule has 0 spiro atoms. The Morgan fingerprint density at radius 3 is 2.48 bits per heavy atom. The van der Waals surface area contributed by atoms with Gasteiger partial charge in [0.15, 0.2) is 5.78 Å². The van der Waals surface area contributed by atoms with Crippen molar-refractivity contribution < 1.29 is 9.59 Å². The van der Waals surface area contributed by atoms with Crippen molar-refractivity contribution in [1.82, 2.24) is 10.2 Å². The molecule has 2 aromatic rings. The van der Waals surface area contributed by atoms with Gasteiger partial charge in [0.25, 0.3) is 0 Å². The van der Waals surface area contributed by atoms with Gasteiger partial charge in [0, 0.05) is 18.4 Å². The van der Waals surface area contributed by atoms with Crippen LogP contribution in [0.2, 0.25) is 0 Å².